The van der Waals surface area contributed by atoms with Gasteiger partial charge in [0.1, 0.15) is 18.3 Å². The van der Waals surface area contributed by atoms with Crippen LogP contribution in [0.25, 0.3) is 5.69 Å². The van der Waals surface area contributed by atoms with E-state index < -0.39 is 0 Å². The maximum Gasteiger partial charge on any atom is 0.247 e. The molecule has 36 heavy (non-hydrogen) atoms. The Morgan fingerprint density at radius 1 is 0.889 bits per heavy atom. The molecule has 0 spiro atoms. The first-order valence-electron chi connectivity index (χ1n) is 13.1. The molecular formula is C30H37N3O3. The Bertz CT molecular complexity index is 1170. The Kier molecular flexibility index (Phi) is 8.47. The number of fused-ring (bicyclic) bond motifs is 3. The van der Waals surface area contributed by atoms with Gasteiger partial charge < -0.3 is 14.2 Å². The summed E-state index contributed by atoms with van der Waals surface area (Å²) < 4.78 is 7.52. The van der Waals surface area contributed by atoms with Crippen LogP contribution in [0.2, 0.25) is 0 Å². The van der Waals surface area contributed by atoms with Crippen LogP contribution in [0.5, 0.6) is 5.75 Å². The van der Waals surface area contributed by atoms with Crippen LogP contribution < -0.4 is 9.64 Å². The fraction of sp³-hybridized carbons (Fsp3) is 0.400. The van der Waals surface area contributed by atoms with Crippen molar-refractivity contribution >= 4 is 17.5 Å². The lowest BCUT2D eigenvalue weighted by atomic mass is 9.97. The van der Waals surface area contributed by atoms with Crippen molar-refractivity contribution < 1.29 is 14.3 Å². The van der Waals surface area contributed by atoms with E-state index in [4.69, 9.17) is 4.74 Å². The molecule has 6 nitrogen and oxygen atoms in total. The van der Waals surface area contributed by atoms with Crippen LogP contribution in [0.1, 0.15) is 69.7 Å². The number of rotatable bonds is 11. The predicted molar refractivity (Wildman–Crippen MR) is 144 cm³/mol. The van der Waals surface area contributed by atoms with Crippen LogP contribution in [0.4, 0.5) is 5.69 Å². The van der Waals surface area contributed by atoms with E-state index >= 15 is 0 Å². The molecule has 1 atom stereocenters. The van der Waals surface area contributed by atoms with Crippen LogP contribution in [-0.2, 0) is 9.59 Å². The molecule has 2 amide bonds. The van der Waals surface area contributed by atoms with Crippen LogP contribution in [0, 0.1) is 0 Å². The molecule has 0 radical (unpaired) electrons. The third-order valence-electron chi connectivity index (χ3n) is 6.87. The molecule has 1 unspecified atom stereocenters. The minimum absolute atomic E-state index is 0.0694. The van der Waals surface area contributed by atoms with Gasteiger partial charge >= 0.3 is 0 Å². The highest BCUT2D eigenvalue weighted by atomic mass is 16.5. The van der Waals surface area contributed by atoms with Crippen molar-refractivity contribution in [3.8, 4) is 11.4 Å². The number of hydrogen-bond donors (Lipinski definition) is 0. The van der Waals surface area contributed by atoms with E-state index in [0.29, 0.717) is 13.0 Å². The zero-order chi connectivity index (χ0) is 25.5. The molecule has 0 fully saturated rings. The number of nitrogens with zero attached hydrogens (tertiary/aromatic N) is 3. The molecule has 0 saturated heterocycles. The third kappa shape index (κ3) is 5.32. The molecule has 2 aromatic carbocycles. The molecule has 1 aliphatic heterocycles. The summed E-state index contributed by atoms with van der Waals surface area (Å²) in [6.45, 7) is 4.92. The zero-order valence-corrected chi connectivity index (χ0v) is 21.7. The fourth-order valence-electron chi connectivity index (χ4n) is 4.93. The van der Waals surface area contributed by atoms with Crippen molar-refractivity contribution in [1.29, 1.82) is 0 Å². The van der Waals surface area contributed by atoms with Gasteiger partial charge in [0.15, 0.2) is 0 Å². The number of aromatic nitrogens is 1. The third-order valence-corrected chi connectivity index (χ3v) is 6.87. The number of amides is 2. The number of carbonyl (C=O) groups is 2. The van der Waals surface area contributed by atoms with E-state index in [9.17, 15) is 9.59 Å². The van der Waals surface area contributed by atoms with Crippen LogP contribution >= 0.6 is 0 Å². The summed E-state index contributed by atoms with van der Waals surface area (Å²) >= 11 is 0. The maximum atomic E-state index is 14.1. The summed E-state index contributed by atoms with van der Waals surface area (Å²) in [6.07, 6.45) is 7.34. The summed E-state index contributed by atoms with van der Waals surface area (Å²) in [5.41, 5.74) is 3.82. The lowest BCUT2D eigenvalue weighted by molar-refractivity contribution is -0.135. The number of benzene rings is 2. The summed E-state index contributed by atoms with van der Waals surface area (Å²) in [5, 5.41) is 0. The van der Waals surface area contributed by atoms with E-state index in [2.05, 4.69) is 24.5 Å². The van der Waals surface area contributed by atoms with Crippen LogP contribution in [-0.4, -0.2) is 41.5 Å². The first kappa shape index (κ1) is 25.5. The van der Waals surface area contributed by atoms with Crippen LogP contribution in [0.3, 0.4) is 0 Å². The Labute approximate surface area is 214 Å². The van der Waals surface area contributed by atoms with Crippen molar-refractivity contribution in [1.82, 2.24) is 9.47 Å². The summed E-state index contributed by atoms with van der Waals surface area (Å²) in [5.74, 6) is 0.766. The summed E-state index contributed by atoms with van der Waals surface area (Å²) in [6, 6.07) is 19.6. The number of carbonyl (C=O) groups excluding carboxylic acids is 2. The predicted octanol–water partition coefficient (Wildman–Crippen LogP) is 6.13. The van der Waals surface area contributed by atoms with Gasteiger partial charge in [0, 0.05) is 19.2 Å². The number of para-hydroxylation sites is 2. The van der Waals surface area contributed by atoms with Crippen LogP contribution in [0.15, 0.2) is 66.9 Å². The average molecular weight is 488 g/mol. The molecule has 0 saturated carbocycles. The van der Waals surface area contributed by atoms with E-state index in [1.54, 1.807) is 12.0 Å². The Balaban J connectivity index is 1.71. The molecule has 1 aliphatic rings. The number of anilines is 1. The maximum absolute atomic E-state index is 14.1. The highest BCUT2D eigenvalue weighted by Gasteiger charge is 2.36. The van der Waals surface area contributed by atoms with Gasteiger partial charge in [-0.1, -0.05) is 57.4 Å². The van der Waals surface area contributed by atoms with Gasteiger partial charge in [-0.2, -0.15) is 0 Å². The van der Waals surface area contributed by atoms with E-state index in [-0.39, 0.29) is 24.4 Å². The first-order chi connectivity index (χ1) is 17.6. The number of hydrogen-bond acceptors (Lipinski definition) is 3. The van der Waals surface area contributed by atoms with E-state index in [1.165, 1.54) is 0 Å². The molecule has 4 rings (SSSR count). The standard InChI is InChI=1S/C30H37N3O3/c1-4-6-8-15-28(34)31(20-7-5-2)22-29(35)33-26-13-10-9-12-25(26)32-21-11-14-27(32)30(33)23-16-18-24(36-3)19-17-23/h9-14,16-19,21,30H,4-8,15,20,22H2,1-3H3. The molecule has 190 valence electrons. The molecule has 1 aromatic heterocycles. The normalized spacial score (nSPS) is 14.2. The van der Waals surface area contributed by atoms with Gasteiger partial charge in [-0.05, 0) is 54.8 Å². The monoisotopic (exact) mass is 487 g/mol. The number of ether oxygens (including phenoxy) is 1. The van der Waals surface area contributed by atoms with Crippen molar-refractivity contribution in [3.63, 3.8) is 0 Å². The topological polar surface area (TPSA) is 54.8 Å². The van der Waals surface area contributed by atoms with Crippen molar-refractivity contribution in [2.24, 2.45) is 0 Å². The smallest absolute Gasteiger partial charge is 0.247 e. The molecule has 2 heterocycles. The SMILES string of the molecule is CCCCCC(=O)N(CCCC)CC(=O)N1c2ccccc2-n2cccc2C1c1ccc(OC)cc1. The average Bonchev–Trinajstić information content (AvgIpc) is 3.40. The largest absolute Gasteiger partial charge is 0.497 e. The van der Waals surface area contributed by atoms with E-state index in [1.807, 2.05) is 65.7 Å². The number of unbranched alkanes of at least 4 members (excludes halogenated alkanes) is 3. The van der Waals surface area contributed by atoms with Gasteiger partial charge in [0.2, 0.25) is 11.8 Å². The van der Waals surface area contributed by atoms with Gasteiger partial charge in [-0.25, -0.2) is 0 Å². The van der Waals surface area contributed by atoms with Crippen molar-refractivity contribution in [3.05, 3.63) is 78.1 Å². The zero-order valence-electron chi connectivity index (χ0n) is 21.7. The minimum Gasteiger partial charge on any atom is -0.497 e. The number of methoxy groups -OCH3 is 1. The second-order valence-electron chi connectivity index (χ2n) is 9.36. The minimum atomic E-state index is -0.309. The lowest BCUT2D eigenvalue weighted by Crippen LogP contribution is -2.47. The highest BCUT2D eigenvalue weighted by molar-refractivity contribution is 6.00. The molecule has 0 aliphatic carbocycles. The fourth-order valence-corrected chi connectivity index (χ4v) is 4.93. The highest BCUT2D eigenvalue weighted by Crippen LogP contribution is 2.42. The molecule has 0 bridgehead atoms. The summed E-state index contributed by atoms with van der Waals surface area (Å²) in [7, 11) is 1.65. The summed E-state index contributed by atoms with van der Waals surface area (Å²) in [4.78, 5) is 30.9. The van der Waals surface area contributed by atoms with Gasteiger partial charge in [-0.15, -0.1) is 0 Å². The van der Waals surface area contributed by atoms with Gasteiger partial charge in [0.25, 0.3) is 0 Å². The lowest BCUT2D eigenvalue weighted by Gasteiger charge is -2.39. The Hall–Kier alpha value is -3.54. The Morgan fingerprint density at radius 2 is 1.61 bits per heavy atom. The van der Waals surface area contributed by atoms with Crippen molar-refractivity contribution in [2.75, 3.05) is 25.1 Å². The molecule has 0 N–H and O–H groups in total. The second kappa shape index (κ2) is 11.9. The molecule has 6 heteroatoms. The van der Waals surface area contributed by atoms with Gasteiger partial charge in [-0.3, -0.25) is 14.5 Å². The quantitative estimate of drug-likeness (QED) is 0.306. The molecule has 3 aromatic rings. The van der Waals surface area contributed by atoms with E-state index in [0.717, 1.165) is 60.5 Å². The first-order valence-corrected chi connectivity index (χ1v) is 13.1. The second-order valence-corrected chi connectivity index (χ2v) is 9.36. The Morgan fingerprint density at radius 3 is 2.31 bits per heavy atom. The van der Waals surface area contributed by atoms with Crippen molar-refractivity contribution in [2.45, 2.75) is 58.4 Å². The molecular weight excluding hydrogens is 450 g/mol. The van der Waals surface area contributed by atoms with Gasteiger partial charge in [0.05, 0.1) is 24.2 Å².